The molecule has 1 aromatic heterocycles. The lowest BCUT2D eigenvalue weighted by molar-refractivity contribution is -0.134. The van der Waals surface area contributed by atoms with Crippen LogP contribution in [0.15, 0.2) is 12.1 Å². The molecular weight excluding hydrogens is 330 g/mol. The minimum Gasteiger partial charge on any atom is -0.341 e. The molecular formula is C20H31N3OS. The third-order valence-corrected chi connectivity index (χ3v) is 7.52. The molecule has 4 nitrogen and oxygen atoms in total. The summed E-state index contributed by atoms with van der Waals surface area (Å²) in [6.45, 7) is 8.69. The number of aryl methyl sites for hydroxylation is 1. The summed E-state index contributed by atoms with van der Waals surface area (Å²) in [7, 11) is 2.16. The van der Waals surface area contributed by atoms with Crippen molar-refractivity contribution in [1.82, 2.24) is 14.7 Å². The molecule has 0 aliphatic carbocycles. The number of hydrogen-bond donors (Lipinski definition) is 0. The van der Waals surface area contributed by atoms with Crippen molar-refractivity contribution in [1.29, 1.82) is 0 Å². The first kappa shape index (κ1) is 17.5. The number of likely N-dealkylation sites (N-methyl/N-ethyl adjacent to an activating group) is 1. The molecule has 5 heteroatoms. The third-order valence-electron chi connectivity index (χ3n) is 6.54. The number of hydrogen-bond acceptors (Lipinski definition) is 4. The molecule has 3 fully saturated rings. The first-order valence-electron chi connectivity index (χ1n) is 9.81. The summed E-state index contributed by atoms with van der Waals surface area (Å²) in [6, 6.07) is 4.63. The van der Waals surface area contributed by atoms with Crippen LogP contribution in [-0.2, 0) is 11.3 Å². The molecule has 0 aromatic carbocycles. The molecule has 1 spiro atoms. The Kier molecular flexibility index (Phi) is 4.91. The van der Waals surface area contributed by atoms with Crippen molar-refractivity contribution in [3.05, 3.63) is 21.9 Å². The summed E-state index contributed by atoms with van der Waals surface area (Å²) >= 11 is 1.92. The van der Waals surface area contributed by atoms with Crippen molar-refractivity contribution in [3.8, 4) is 0 Å². The average molecular weight is 362 g/mol. The summed E-state index contributed by atoms with van der Waals surface area (Å²) < 4.78 is 0. The summed E-state index contributed by atoms with van der Waals surface area (Å²) in [4.78, 5) is 22.8. The lowest BCUT2D eigenvalue weighted by Gasteiger charge is -2.39. The Morgan fingerprint density at radius 1 is 1.20 bits per heavy atom. The number of thiophene rings is 1. The summed E-state index contributed by atoms with van der Waals surface area (Å²) in [6.07, 6.45) is 5.93. The van der Waals surface area contributed by atoms with Gasteiger partial charge in [0.05, 0.1) is 6.04 Å². The Morgan fingerprint density at radius 2 is 1.92 bits per heavy atom. The van der Waals surface area contributed by atoms with Crippen LogP contribution in [0.1, 0.15) is 41.9 Å². The van der Waals surface area contributed by atoms with Gasteiger partial charge in [-0.25, -0.2) is 0 Å². The maximum absolute atomic E-state index is 12.9. The molecule has 0 N–H and O–H groups in total. The van der Waals surface area contributed by atoms with Gasteiger partial charge in [0.15, 0.2) is 0 Å². The van der Waals surface area contributed by atoms with Crippen molar-refractivity contribution in [2.24, 2.45) is 5.41 Å². The van der Waals surface area contributed by atoms with Crippen LogP contribution in [0.4, 0.5) is 0 Å². The number of likely N-dealkylation sites (tertiary alicyclic amines) is 3. The molecule has 1 aromatic rings. The largest absolute Gasteiger partial charge is 0.341 e. The van der Waals surface area contributed by atoms with E-state index in [2.05, 4.69) is 40.8 Å². The molecule has 0 radical (unpaired) electrons. The van der Waals surface area contributed by atoms with Gasteiger partial charge in [-0.3, -0.25) is 14.6 Å². The average Bonchev–Trinajstić information content (AvgIpc) is 3.31. The van der Waals surface area contributed by atoms with E-state index >= 15 is 0 Å². The van der Waals surface area contributed by atoms with E-state index < -0.39 is 0 Å². The zero-order valence-electron chi connectivity index (χ0n) is 15.7. The Balaban J connectivity index is 1.34. The first-order chi connectivity index (χ1) is 12.0. The fraction of sp³-hybridized carbons (Fsp3) is 0.750. The molecule has 4 rings (SSSR count). The second-order valence-corrected chi connectivity index (χ2v) is 9.83. The highest BCUT2D eigenvalue weighted by atomic mass is 32.1. The molecule has 0 bridgehead atoms. The van der Waals surface area contributed by atoms with Crippen LogP contribution in [-0.4, -0.2) is 66.4 Å². The SMILES string of the molecule is Cc1ccc(CN2CCC3(CC2)CC(C(=O)N2CCCC2)N(C)C3)s1. The topological polar surface area (TPSA) is 26.8 Å². The highest BCUT2D eigenvalue weighted by Crippen LogP contribution is 2.43. The number of nitrogens with zero attached hydrogens (tertiary/aromatic N) is 3. The fourth-order valence-electron chi connectivity index (χ4n) is 5.03. The summed E-state index contributed by atoms with van der Waals surface area (Å²) in [5.74, 6) is 0.397. The van der Waals surface area contributed by atoms with Crippen LogP contribution in [0.5, 0.6) is 0 Å². The van der Waals surface area contributed by atoms with Crippen LogP contribution >= 0.6 is 11.3 Å². The molecule has 3 aliphatic rings. The number of piperidine rings is 1. The van der Waals surface area contributed by atoms with Crippen molar-refractivity contribution in [2.75, 3.05) is 39.8 Å². The smallest absolute Gasteiger partial charge is 0.239 e. The lowest BCUT2D eigenvalue weighted by Crippen LogP contribution is -2.42. The van der Waals surface area contributed by atoms with Gasteiger partial charge in [0.1, 0.15) is 0 Å². The van der Waals surface area contributed by atoms with Gasteiger partial charge in [0, 0.05) is 35.9 Å². The van der Waals surface area contributed by atoms with E-state index in [9.17, 15) is 4.79 Å². The zero-order chi connectivity index (χ0) is 17.4. The molecule has 138 valence electrons. The van der Waals surface area contributed by atoms with Crippen LogP contribution in [0.25, 0.3) is 0 Å². The van der Waals surface area contributed by atoms with Crippen LogP contribution in [0, 0.1) is 12.3 Å². The van der Waals surface area contributed by atoms with E-state index in [4.69, 9.17) is 0 Å². The molecule has 3 aliphatic heterocycles. The van der Waals surface area contributed by atoms with Gasteiger partial charge in [-0.2, -0.15) is 0 Å². The minimum atomic E-state index is 0.129. The molecule has 1 atom stereocenters. The Morgan fingerprint density at radius 3 is 2.56 bits per heavy atom. The number of carbonyl (C=O) groups excluding carboxylic acids is 1. The van der Waals surface area contributed by atoms with Crippen LogP contribution in [0.3, 0.4) is 0 Å². The zero-order valence-corrected chi connectivity index (χ0v) is 16.5. The van der Waals surface area contributed by atoms with Crippen LogP contribution < -0.4 is 0 Å². The number of amides is 1. The van der Waals surface area contributed by atoms with Gasteiger partial charge >= 0.3 is 0 Å². The van der Waals surface area contributed by atoms with Gasteiger partial charge in [0.25, 0.3) is 0 Å². The quantitative estimate of drug-likeness (QED) is 0.828. The van der Waals surface area contributed by atoms with Gasteiger partial charge in [-0.1, -0.05) is 0 Å². The molecule has 3 saturated heterocycles. The van der Waals surface area contributed by atoms with Gasteiger partial charge in [0.2, 0.25) is 5.91 Å². The van der Waals surface area contributed by atoms with Crippen molar-refractivity contribution in [2.45, 2.75) is 51.6 Å². The van der Waals surface area contributed by atoms with Crippen molar-refractivity contribution >= 4 is 17.2 Å². The second-order valence-electron chi connectivity index (χ2n) is 8.46. The third kappa shape index (κ3) is 3.64. The van der Waals surface area contributed by atoms with Crippen LogP contribution in [0.2, 0.25) is 0 Å². The normalized spacial score (nSPS) is 27.4. The summed E-state index contributed by atoms with van der Waals surface area (Å²) in [5, 5.41) is 0. The minimum absolute atomic E-state index is 0.129. The standard InChI is InChI=1S/C20H31N3OS/c1-16-5-6-17(25-16)14-22-11-7-20(8-12-22)13-18(21(2)15-20)19(24)23-9-3-4-10-23/h5-6,18H,3-4,7-15H2,1-2H3. The van der Waals surface area contributed by atoms with E-state index in [1.807, 2.05) is 11.3 Å². The number of carbonyl (C=O) groups is 1. The van der Waals surface area contributed by atoms with Gasteiger partial charge in [-0.05, 0) is 76.7 Å². The molecule has 4 heterocycles. The lowest BCUT2D eigenvalue weighted by atomic mass is 9.76. The predicted octanol–water partition coefficient (Wildman–Crippen LogP) is 2.97. The first-order valence-corrected chi connectivity index (χ1v) is 10.6. The molecule has 25 heavy (non-hydrogen) atoms. The van der Waals surface area contributed by atoms with Crippen molar-refractivity contribution in [3.63, 3.8) is 0 Å². The Bertz CT molecular complexity index is 614. The van der Waals surface area contributed by atoms with Gasteiger partial charge in [-0.15, -0.1) is 11.3 Å². The summed E-state index contributed by atoms with van der Waals surface area (Å²) in [5.41, 5.74) is 0.372. The van der Waals surface area contributed by atoms with E-state index in [-0.39, 0.29) is 6.04 Å². The predicted molar refractivity (Wildman–Crippen MR) is 103 cm³/mol. The van der Waals surface area contributed by atoms with E-state index in [0.29, 0.717) is 11.3 Å². The number of rotatable bonds is 3. The second kappa shape index (κ2) is 7.01. The monoisotopic (exact) mass is 361 g/mol. The molecule has 1 unspecified atom stereocenters. The Hall–Kier alpha value is -0.910. The van der Waals surface area contributed by atoms with Crippen molar-refractivity contribution < 1.29 is 4.79 Å². The maximum atomic E-state index is 12.9. The fourth-order valence-corrected chi connectivity index (χ4v) is 5.96. The van der Waals surface area contributed by atoms with Gasteiger partial charge < -0.3 is 4.90 Å². The molecule has 1 amide bonds. The maximum Gasteiger partial charge on any atom is 0.239 e. The van der Waals surface area contributed by atoms with E-state index in [1.165, 1.54) is 48.5 Å². The Labute approximate surface area is 155 Å². The highest BCUT2D eigenvalue weighted by Gasteiger charge is 2.47. The van der Waals surface area contributed by atoms with E-state index in [1.54, 1.807) is 0 Å². The van der Waals surface area contributed by atoms with E-state index in [0.717, 1.165) is 32.6 Å². The molecule has 0 saturated carbocycles. The highest BCUT2D eigenvalue weighted by molar-refractivity contribution is 7.11.